The van der Waals surface area contributed by atoms with Crippen LogP contribution in [0.2, 0.25) is 0 Å². The molecule has 6 heteroatoms. The first-order valence-corrected chi connectivity index (χ1v) is 4.83. The predicted octanol–water partition coefficient (Wildman–Crippen LogP) is -0.261. The predicted molar refractivity (Wildman–Crippen MR) is 53.8 cm³/mol. The molecule has 2 heterocycles. The van der Waals surface area contributed by atoms with E-state index < -0.39 is 0 Å². The van der Waals surface area contributed by atoms with Crippen LogP contribution in [-0.2, 0) is 16.0 Å². The summed E-state index contributed by atoms with van der Waals surface area (Å²) in [6, 6.07) is -0.144. The number of esters is 1. The summed E-state index contributed by atoms with van der Waals surface area (Å²) in [6.45, 7) is 0.384. The van der Waals surface area contributed by atoms with Gasteiger partial charge in [-0.3, -0.25) is 9.69 Å². The van der Waals surface area contributed by atoms with Crippen molar-refractivity contribution in [3.8, 4) is 0 Å². The molecule has 0 saturated carbocycles. The standard InChI is InChI=1S/C9H14N4O2/c1-13-5-15-8(14)7(13)3-2-6-4-11-9(10)12-6/h4,7H,2-3,5H2,1H3,(H3,10,11,12)/t7-/m0/s1. The summed E-state index contributed by atoms with van der Waals surface area (Å²) in [5.41, 5.74) is 6.39. The number of cyclic esters (lactones) is 1. The SMILES string of the molecule is CN1COC(=O)[C@@H]1CCc1cnc(N)[nH]1. The molecule has 0 unspecified atom stereocenters. The molecular formula is C9H14N4O2. The maximum atomic E-state index is 11.3. The number of likely N-dealkylation sites (N-methyl/N-ethyl adjacent to an activating group) is 1. The number of aromatic nitrogens is 2. The van der Waals surface area contributed by atoms with Gasteiger partial charge in [0.05, 0.1) is 6.20 Å². The number of aryl methyl sites for hydroxylation is 1. The third-order valence-electron chi connectivity index (χ3n) is 2.55. The van der Waals surface area contributed by atoms with Crippen LogP contribution in [0.15, 0.2) is 6.20 Å². The quantitative estimate of drug-likeness (QED) is 0.671. The molecule has 0 radical (unpaired) electrons. The number of carbonyl (C=O) groups excluding carboxylic acids is 1. The molecule has 0 bridgehead atoms. The van der Waals surface area contributed by atoms with Gasteiger partial charge in [0, 0.05) is 5.69 Å². The fourth-order valence-electron chi connectivity index (χ4n) is 1.67. The molecule has 1 fully saturated rings. The van der Waals surface area contributed by atoms with Crippen molar-refractivity contribution in [3.63, 3.8) is 0 Å². The Morgan fingerprint density at radius 2 is 2.60 bits per heavy atom. The van der Waals surface area contributed by atoms with Gasteiger partial charge in [0.2, 0.25) is 0 Å². The second-order valence-corrected chi connectivity index (χ2v) is 3.70. The first-order valence-electron chi connectivity index (χ1n) is 4.83. The molecule has 1 aromatic heterocycles. The summed E-state index contributed by atoms with van der Waals surface area (Å²) in [5.74, 6) is 0.261. The van der Waals surface area contributed by atoms with Gasteiger partial charge in [-0.25, -0.2) is 4.98 Å². The molecule has 3 N–H and O–H groups in total. The van der Waals surface area contributed by atoms with Gasteiger partial charge in [-0.15, -0.1) is 0 Å². The average Bonchev–Trinajstić information content (AvgIpc) is 2.73. The number of nitrogens with one attached hydrogen (secondary N) is 1. The number of ether oxygens (including phenoxy) is 1. The zero-order valence-corrected chi connectivity index (χ0v) is 8.56. The third-order valence-corrected chi connectivity index (χ3v) is 2.55. The van der Waals surface area contributed by atoms with E-state index in [-0.39, 0.29) is 12.0 Å². The molecule has 82 valence electrons. The van der Waals surface area contributed by atoms with Gasteiger partial charge in [-0.2, -0.15) is 0 Å². The molecule has 1 atom stereocenters. The average molecular weight is 210 g/mol. The zero-order valence-electron chi connectivity index (χ0n) is 8.56. The molecular weight excluding hydrogens is 196 g/mol. The van der Waals surface area contributed by atoms with Gasteiger partial charge in [0.25, 0.3) is 0 Å². The fraction of sp³-hybridized carbons (Fsp3) is 0.556. The molecule has 15 heavy (non-hydrogen) atoms. The molecule has 0 amide bonds. The van der Waals surface area contributed by atoms with E-state index in [0.717, 1.165) is 18.5 Å². The lowest BCUT2D eigenvalue weighted by Gasteiger charge is -2.12. The second-order valence-electron chi connectivity index (χ2n) is 3.70. The summed E-state index contributed by atoms with van der Waals surface area (Å²) >= 11 is 0. The van der Waals surface area contributed by atoms with Crippen LogP contribution in [0.5, 0.6) is 0 Å². The van der Waals surface area contributed by atoms with E-state index in [1.807, 2.05) is 11.9 Å². The van der Waals surface area contributed by atoms with Crippen molar-refractivity contribution >= 4 is 11.9 Å². The largest absolute Gasteiger partial charge is 0.448 e. The van der Waals surface area contributed by atoms with Crippen LogP contribution >= 0.6 is 0 Å². The van der Waals surface area contributed by atoms with E-state index in [9.17, 15) is 4.79 Å². The second kappa shape index (κ2) is 3.90. The van der Waals surface area contributed by atoms with Gasteiger partial charge in [0.15, 0.2) is 5.95 Å². The third kappa shape index (κ3) is 2.10. The topological polar surface area (TPSA) is 84.2 Å². The molecule has 0 aromatic carbocycles. The number of hydrogen-bond donors (Lipinski definition) is 2. The first-order chi connectivity index (χ1) is 7.16. The number of rotatable bonds is 3. The molecule has 1 aliphatic rings. The van der Waals surface area contributed by atoms with Crippen molar-refractivity contribution in [3.05, 3.63) is 11.9 Å². The molecule has 0 spiro atoms. The number of nitrogens with zero attached hydrogens (tertiary/aromatic N) is 2. The lowest BCUT2D eigenvalue weighted by molar-refractivity contribution is -0.139. The van der Waals surface area contributed by atoms with Crippen LogP contribution in [0.3, 0.4) is 0 Å². The van der Waals surface area contributed by atoms with Gasteiger partial charge >= 0.3 is 5.97 Å². The zero-order chi connectivity index (χ0) is 10.8. The van der Waals surface area contributed by atoms with E-state index >= 15 is 0 Å². The van der Waals surface area contributed by atoms with Crippen molar-refractivity contribution in [1.82, 2.24) is 14.9 Å². The summed E-state index contributed by atoms with van der Waals surface area (Å²) < 4.78 is 4.91. The van der Waals surface area contributed by atoms with Gasteiger partial charge in [0.1, 0.15) is 12.8 Å². The molecule has 0 aliphatic carbocycles. The lowest BCUT2D eigenvalue weighted by Crippen LogP contribution is -2.29. The summed E-state index contributed by atoms with van der Waals surface area (Å²) in [7, 11) is 1.87. The van der Waals surface area contributed by atoms with Gasteiger partial charge in [-0.1, -0.05) is 0 Å². The minimum Gasteiger partial charge on any atom is -0.448 e. The molecule has 6 nitrogen and oxygen atoms in total. The van der Waals surface area contributed by atoms with Gasteiger partial charge in [-0.05, 0) is 19.9 Å². The molecule has 1 aliphatic heterocycles. The van der Waals surface area contributed by atoms with Crippen LogP contribution in [0, 0.1) is 0 Å². The Hall–Kier alpha value is -1.56. The number of carbonyl (C=O) groups is 1. The smallest absolute Gasteiger partial charge is 0.324 e. The molecule has 1 aromatic rings. The Kier molecular flexibility index (Phi) is 2.59. The maximum Gasteiger partial charge on any atom is 0.324 e. The van der Waals surface area contributed by atoms with E-state index in [0.29, 0.717) is 12.7 Å². The van der Waals surface area contributed by atoms with Crippen LogP contribution in [0.25, 0.3) is 0 Å². The Morgan fingerprint density at radius 3 is 3.13 bits per heavy atom. The van der Waals surface area contributed by atoms with Crippen LogP contribution in [-0.4, -0.2) is 40.7 Å². The molecule has 2 rings (SSSR count). The number of nitrogen functional groups attached to an aromatic ring is 1. The number of imidazole rings is 1. The van der Waals surface area contributed by atoms with Crippen LogP contribution < -0.4 is 5.73 Å². The minimum absolute atomic E-state index is 0.144. The van der Waals surface area contributed by atoms with Crippen molar-refractivity contribution in [2.24, 2.45) is 0 Å². The highest BCUT2D eigenvalue weighted by molar-refractivity contribution is 5.77. The Morgan fingerprint density at radius 1 is 1.80 bits per heavy atom. The van der Waals surface area contributed by atoms with E-state index in [2.05, 4.69) is 9.97 Å². The first kappa shape index (κ1) is 9.97. The minimum atomic E-state index is -0.148. The number of anilines is 1. The summed E-state index contributed by atoms with van der Waals surface area (Å²) in [4.78, 5) is 20.0. The molecule has 1 saturated heterocycles. The summed E-state index contributed by atoms with van der Waals surface area (Å²) in [6.07, 6.45) is 3.15. The normalized spacial score (nSPS) is 21.9. The monoisotopic (exact) mass is 210 g/mol. The Labute approximate surface area is 87.4 Å². The van der Waals surface area contributed by atoms with E-state index in [1.54, 1.807) is 6.20 Å². The van der Waals surface area contributed by atoms with Crippen molar-refractivity contribution in [1.29, 1.82) is 0 Å². The summed E-state index contributed by atoms with van der Waals surface area (Å²) in [5, 5.41) is 0. The van der Waals surface area contributed by atoms with Crippen molar-refractivity contribution < 1.29 is 9.53 Å². The highest BCUT2D eigenvalue weighted by Gasteiger charge is 2.31. The number of nitrogens with two attached hydrogens (primary N) is 1. The number of H-pyrrole nitrogens is 1. The maximum absolute atomic E-state index is 11.3. The van der Waals surface area contributed by atoms with E-state index in [1.165, 1.54) is 0 Å². The van der Waals surface area contributed by atoms with Crippen molar-refractivity contribution in [2.45, 2.75) is 18.9 Å². The van der Waals surface area contributed by atoms with Crippen LogP contribution in [0.4, 0.5) is 5.95 Å². The van der Waals surface area contributed by atoms with Crippen LogP contribution in [0.1, 0.15) is 12.1 Å². The van der Waals surface area contributed by atoms with Gasteiger partial charge < -0.3 is 15.5 Å². The number of hydrogen-bond acceptors (Lipinski definition) is 5. The highest BCUT2D eigenvalue weighted by Crippen LogP contribution is 2.14. The fourth-order valence-corrected chi connectivity index (χ4v) is 1.67. The highest BCUT2D eigenvalue weighted by atomic mass is 16.6. The van der Waals surface area contributed by atoms with Crippen molar-refractivity contribution in [2.75, 3.05) is 19.5 Å². The Bertz CT molecular complexity index is 363. The lowest BCUT2D eigenvalue weighted by atomic mass is 10.1. The Balaban J connectivity index is 1.90. The van der Waals surface area contributed by atoms with E-state index in [4.69, 9.17) is 10.5 Å². The number of aromatic amines is 1.